The van der Waals surface area contributed by atoms with Crippen molar-refractivity contribution in [2.45, 2.75) is 32.4 Å². The second-order valence-electron chi connectivity index (χ2n) is 3.37. The summed E-state index contributed by atoms with van der Waals surface area (Å²) < 4.78 is 1.73. The first-order chi connectivity index (χ1) is 7.19. The van der Waals surface area contributed by atoms with Crippen molar-refractivity contribution in [3.63, 3.8) is 0 Å². The third kappa shape index (κ3) is 2.93. The Bertz CT molecular complexity index is 375. The van der Waals surface area contributed by atoms with Crippen molar-refractivity contribution in [2.24, 2.45) is 5.73 Å². The maximum atomic E-state index is 11.7. The molecule has 0 amide bonds. The summed E-state index contributed by atoms with van der Waals surface area (Å²) in [7, 11) is 0. The number of terminal acetylenes is 1. The van der Waals surface area contributed by atoms with Gasteiger partial charge in [0, 0.05) is 19.2 Å². The lowest BCUT2D eigenvalue weighted by Crippen LogP contribution is -2.29. The van der Waals surface area contributed by atoms with Crippen molar-refractivity contribution >= 4 is 5.78 Å². The largest absolute Gasteiger partial charge is 0.320 e. The van der Waals surface area contributed by atoms with E-state index in [1.165, 1.54) is 6.20 Å². The topological polar surface area (TPSA) is 60.9 Å². The molecule has 0 saturated carbocycles. The Hall–Kier alpha value is -1.60. The number of hydrogen-bond donors (Lipinski definition) is 1. The SMILES string of the molecule is C#CCC(N)C(=O)c1cnn(CCC)c1. The summed E-state index contributed by atoms with van der Waals surface area (Å²) in [6, 6.07) is -0.616. The van der Waals surface area contributed by atoms with Crippen LogP contribution < -0.4 is 5.73 Å². The molecule has 1 rings (SSSR count). The minimum Gasteiger partial charge on any atom is -0.320 e. The van der Waals surface area contributed by atoms with Gasteiger partial charge < -0.3 is 5.73 Å². The number of carbonyl (C=O) groups excluding carboxylic acids is 1. The summed E-state index contributed by atoms with van der Waals surface area (Å²) in [4.78, 5) is 11.7. The third-order valence-corrected chi connectivity index (χ3v) is 2.05. The molecule has 0 spiro atoms. The first kappa shape index (κ1) is 11.5. The van der Waals surface area contributed by atoms with Gasteiger partial charge in [0.2, 0.25) is 0 Å². The predicted octanol–water partition coefficient (Wildman–Crippen LogP) is 0.826. The summed E-state index contributed by atoms with van der Waals surface area (Å²) in [5.74, 6) is 2.23. The lowest BCUT2D eigenvalue weighted by molar-refractivity contribution is 0.0963. The zero-order chi connectivity index (χ0) is 11.3. The van der Waals surface area contributed by atoms with Gasteiger partial charge >= 0.3 is 0 Å². The van der Waals surface area contributed by atoms with Crippen molar-refractivity contribution < 1.29 is 4.79 Å². The van der Waals surface area contributed by atoms with Crippen molar-refractivity contribution in [3.8, 4) is 12.3 Å². The maximum absolute atomic E-state index is 11.7. The second-order valence-corrected chi connectivity index (χ2v) is 3.37. The van der Waals surface area contributed by atoms with Crippen LogP contribution in [0.1, 0.15) is 30.1 Å². The number of hydrogen-bond acceptors (Lipinski definition) is 3. The van der Waals surface area contributed by atoms with Crippen molar-refractivity contribution in [1.82, 2.24) is 9.78 Å². The van der Waals surface area contributed by atoms with Crippen LogP contribution in [-0.4, -0.2) is 21.6 Å². The molecule has 1 aromatic rings. The number of rotatable bonds is 5. The Balaban J connectivity index is 2.70. The number of nitrogens with two attached hydrogens (primary N) is 1. The molecule has 0 aromatic carbocycles. The quantitative estimate of drug-likeness (QED) is 0.572. The van der Waals surface area contributed by atoms with Gasteiger partial charge in [-0.05, 0) is 6.42 Å². The molecule has 4 nitrogen and oxygen atoms in total. The van der Waals surface area contributed by atoms with Gasteiger partial charge in [-0.25, -0.2) is 0 Å². The van der Waals surface area contributed by atoms with Gasteiger partial charge in [-0.3, -0.25) is 9.48 Å². The Morgan fingerprint density at radius 3 is 3.13 bits per heavy atom. The van der Waals surface area contributed by atoms with Gasteiger partial charge in [0.15, 0.2) is 5.78 Å². The monoisotopic (exact) mass is 205 g/mol. The van der Waals surface area contributed by atoms with E-state index in [0.717, 1.165) is 13.0 Å². The van der Waals surface area contributed by atoms with Crippen LogP contribution in [0.5, 0.6) is 0 Å². The number of carbonyl (C=O) groups is 1. The van der Waals surface area contributed by atoms with Crippen LogP contribution >= 0.6 is 0 Å². The predicted molar refractivity (Wildman–Crippen MR) is 58.3 cm³/mol. The minimum absolute atomic E-state index is 0.143. The Kier molecular flexibility index (Phi) is 4.07. The molecule has 0 aliphatic rings. The molecule has 80 valence electrons. The molecule has 0 radical (unpaired) electrons. The van der Waals surface area contributed by atoms with Gasteiger partial charge in [0.1, 0.15) is 0 Å². The van der Waals surface area contributed by atoms with Crippen molar-refractivity contribution in [2.75, 3.05) is 0 Å². The van der Waals surface area contributed by atoms with Crippen LogP contribution in [0.25, 0.3) is 0 Å². The van der Waals surface area contributed by atoms with Crippen LogP contribution in [0.4, 0.5) is 0 Å². The zero-order valence-corrected chi connectivity index (χ0v) is 8.81. The van der Waals surface area contributed by atoms with Crippen LogP contribution in [0, 0.1) is 12.3 Å². The molecule has 0 aliphatic heterocycles. The molecule has 0 fully saturated rings. The summed E-state index contributed by atoms with van der Waals surface area (Å²) in [6.45, 7) is 2.85. The summed E-state index contributed by atoms with van der Waals surface area (Å²) >= 11 is 0. The minimum atomic E-state index is -0.616. The first-order valence-corrected chi connectivity index (χ1v) is 4.94. The average molecular weight is 205 g/mol. The second kappa shape index (κ2) is 5.32. The van der Waals surface area contributed by atoms with E-state index in [9.17, 15) is 4.79 Å². The molecular weight excluding hydrogens is 190 g/mol. The molecule has 0 bridgehead atoms. The third-order valence-electron chi connectivity index (χ3n) is 2.05. The highest BCUT2D eigenvalue weighted by atomic mass is 16.1. The van der Waals surface area contributed by atoms with E-state index in [4.69, 9.17) is 12.2 Å². The van der Waals surface area contributed by atoms with Gasteiger partial charge in [-0.2, -0.15) is 5.10 Å². The highest BCUT2D eigenvalue weighted by molar-refractivity contribution is 5.99. The molecule has 1 heterocycles. The number of ketones is 1. The molecule has 0 saturated heterocycles. The number of aryl methyl sites for hydroxylation is 1. The summed E-state index contributed by atoms with van der Waals surface area (Å²) in [5.41, 5.74) is 6.15. The van der Waals surface area contributed by atoms with E-state index in [2.05, 4.69) is 11.0 Å². The highest BCUT2D eigenvalue weighted by Gasteiger charge is 2.16. The first-order valence-electron chi connectivity index (χ1n) is 4.94. The fraction of sp³-hybridized carbons (Fsp3) is 0.455. The lowest BCUT2D eigenvalue weighted by atomic mass is 10.1. The Morgan fingerprint density at radius 2 is 2.53 bits per heavy atom. The van der Waals surface area contributed by atoms with E-state index in [0.29, 0.717) is 5.56 Å². The van der Waals surface area contributed by atoms with Crippen LogP contribution in [0.3, 0.4) is 0 Å². The van der Waals surface area contributed by atoms with E-state index < -0.39 is 6.04 Å². The number of aromatic nitrogens is 2. The number of Topliss-reactive ketones (excluding diaryl/α,β-unsaturated/α-hetero) is 1. The Labute approximate surface area is 89.5 Å². The molecule has 0 aliphatic carbocycles. The smallest absolute Gasteiger partial charge is 0.183 e. The van der Waals surface area contributed by atoms with E-state index in [1.807, 2.05) is 6.92 Å². The van der Waals surface area contributed by atoms with Crippen molar-refractivity contribution in [3.05, 3.63) is 18.0 Å². The lowest BCUT2D eigenvalue weighted by Gasteiger charge is -2.03. The van der Waals surface area contributed by atoms with Gasteiger partial charge in [-0.15, -0.1) is 12.3 Å². The molecule has 1 aromatic heterocycles. The fourth-order valence-corrected chi connectivity index (χ4v) is 1.28. The molecule has 1 atom stereocenters. The average Bonchev–Trinajstić information content (AvgIpc) is 2.66. The number of nitrogens with zero attached hydrogens (tertiary/aromatic N) is 2. The van der Waals surface area contributed by atoms with Crippen LogP contribution in [0.15, 0.2) is 12.4 Å². The highest BCUT2D eigenvalue weighted by Crippen LogP contribution is 2.04. The Morgan fingerprint density at radius 1 is 1.80 bits per heavy atom. The standard InChI is InChI=1S/C11H15N3O/c1-3-5-10(12)11(15)9-7-13-14(8-9)6-4-2/h1,7-8,10H,4-6,12H2,2H3. The van der Waals surface area contributed by atoms with E-state index >= 15 is 0 Å². The van der Waals surface area contributed by atoms with Gasteiger partial charge in [0.25, 0.3) is 0 Å². The van der Waals surface area contributed by atoms with Crippen molar-refractivity contribution in [1.29, 1.82) is 0 Å². The maximum Gasteiger partial charge on any atom is 0.183 e. The van der Waals surface area contributed by atoms with Crippen LogP contribution in [0.2, 0.25) is 0 Å². The van der Waals surface area contributed by atoms with Gasteiger partial charge in [0.05, 0.1) is 17.8 Å². The van der Waals surface area contributed by atoms with Gasteiger partial charge in [-0.1, -0.05) is 6.92 Å². The molecule has 4 heteroatoms. The molecular formula is C11H15N3O. The summed E-state index contributed by atoms with van der Waals surface area (Å²) in [5, 5.41) is 4.06. The van der Waals surface area contributed by atoms with E-state index in [-0.39, 0.29) is 12.2 Å². The molecule has 2 N–H and O–H groups in total. The molecule has 15 heavy (non-hydrogen) atoms. The summed E-state index contributed by atoms with van der Waals surface area (Å²) in [6.07, 6.45) is 9.58. The zero-order valence-electron chi connectivity index (χ0n) is 8.81. The fourth-order valence-electron chi connectivity index (χ4n) is 1.28. The normalized spacial score (nSPS) is 12.1. The van der Waals surface area contributed by atoms with Crippen LogP contribution in [-0.2, 0) is 6.54 Å². The molecule has 1 unspecified atom stereocenters. The van der Waals surface area contributed by atoms with E-state index in [1.54, 1.807) is 10.9 Å².